The van der Waals surface area contributed by atoms with Crippen LogP contribution in [0.4, 0.5) is 0 Å². The summed E-state index contributed by atoms with van der Waals surface area (Å²) in [5.41, 5.74) is 4.93. The summed E-state index contributed by atoms with van der Waals surface area (Å²) in [6.45, 7) is 4.18. The summed E-state index contributed by atoms with van der Waals surface area (Å²) in [5.74, 6) is 0. The van der Waals surface area contributed by atoms with Crippen molar-refractivity contribution in [1.29, 1.82) is 0 Å². The van der Waals surface area contributed by atoms with E-state index in [0.29, 0.717) is 12.6 Å². The Labute approximate surface area is 73.9 Å². The summed E-state index contributed by atoms with van der Waals surface area (Å²) < 4.78 is 5.47. The Bertz CT molecular complexity index is 141. The van der Waals surface area contributed by atoms with Crippen molar-refractivity contribution in [3.8, 4) is 0 Å². The molecule has 0 aliphatic heterocycles. The van der Waals surface area contributed by atoms with Gasteiger partial charge in [-0.15, -0.1) is 0 Å². The first-order chi connectivity index (χ1) is 5.53. The van der Waals surface area contributed by atoms with Gasteiger partial charge in [-0.2, -0.15) is 0 Å². The second-order valence-electron chi connectivity index (χ2n) is 4.01. The van der Waals surface area contributed by atoms with Crippen LogP contribution in [0.25, 0.3) is 0 Å². The average Bonchev–Trinajstić information content (AvgIpc) is 1.96. The van der Waals surface area contributed by atoms with Gasteiger partial charge in [-0.05, 0) is 26.2 Å². The van der Waals surface area contributed by atoms with Crippen LogP contribution in [0.5, 0.6) is 0 Å². The minimum absolute atomic E-state index is 0.290. The highest BCUT2D eigenvalue weighted by Gasteiger charge is 2.29. The highest BCUT2D eigenvalue weighted by molar-refractivity contribution is 4.84. The van der Waals surface area contributed by atoms with Crippen LogP contribution in [-0.2, 0) is 4.74 Å². The molecule has 1 unspecified atom stereocenters. The van der Waals surface area contributed by atoms with Crippen LogP contribution < -0.4 is 5.73 Å². The Balaban J connectivity index is 2.10. The highest BCUT2D eigenvalue weighted by atomic mass is 16.5. The normalized spacial score (nSPS) is 34.0. The number of rotatable bonds is 4. The minimum atomic E-state index is -0.667. The van der Waals surface area contributed by atoms with E-state index < -0.39 is 5.60 Å². The number of ether oxygens (including phenoxy) is 1. The molecule has 3 nitrogen and oxygen atoms in total. The van der Waals surface area contributed by atoms with Gasteiger partial charge in [0.05, 0.1) is 18.3 Å². The number of nitrogens with two attached hydrogens (primary N) is 1. The zero-order chi connectivity index (χ0) is 9.19. The fourth-order valence-electron chi connectivity index (χ4n) is 1.14. The van der Waals surface area contributed by atoms with Gasteiger partial charge in [0.25, 0.3) is 0 Å². The standard InChI is InChI=1S/C9H19NO2/c1-3-9(2,11)6-12-8-4-7(10)5-8/h7-8,11H,3-6,10H2,1-2H3. The van der Waals surface area contributed by atoms with E-state index in [-0.39, 0.29) is 6.10 Å². The zero-order valence-electron chi connectivity index (χ0n) is 7.92. The van der Waals surface area contributed by atoms with Gasteiger partial charge in [-0.1, -0.05) is 6.92 Å². The SMILES string of the molecule is CCC(C)(O)COC1CC(N)C1. The third-order valence-electron chi connectivity index (χ3n) is 2.52. The van der Waals surface area contributed by atoms with Gasteiger partial charge in [0.1, 0.15) is 0 Å². The molecule has 0 aromatic heterocycles. The summed E-state index contributed by atoms with van der Waals surface area (Å²) in [6.07, 6.45) is 2.91. The predicted octanol–water partition coefficient (Wildman–Crippen LogP) is 0.654. The molecule has 1 saturated carbocycles. The monoisotopic (exact) mass is 173 g/mol. The largest absolute Gasteiger partial charge is 0.388 e. The molecular formula is C9H19NO2. The molecule has 0 aromatic carbocycles. The van der Waals surface area contributed by atoms with E-state index in [9.17, 15) is 5.11 Å². The lowest BCUT2D eigenvalue weighted by Gasteiger charge is -2.34. The molecule has 0 radical (unpaired) electrons. The number of hydrogen-bond donors (Lipinski definition) is 2. The van der Waals surface area contributed by atoms with Crippen LogP contribution in [0.3, 0.4) is 0 Å². The summed E-state index contributed by atoms with van der Waals surface area (Å²) in [4.78, 5) is 0. The van der Waals surface area contributed by atoms with Gasteiger partial charge >= 0.3 is 0 Å². The topological polar surface area (TPSA) is 55.5 Å². The van der Waals surface area contributed by atoms with Crippen LogP contribution in [0, 0.1) is 0 Å². The van der Waals surface area contributed by atoms with Crippen LogP contribution in [0.2, 0.25) is 0 Å². The molecule has 3 heteroatoms. The van der Waals surface area contributed by atoms with Crippen molar-refractivity contribution in [1.82, 2.24) is 0 Å². The quantitative estimate of drug-likeness (QED) is 0.656. The molecule has 1 fully saturated rings. The lowest BCUT2D eigenvalue weighted by molar-refractivity contribution is -0.0895. The Morgan fingerprint density at radius 2 is 2.17 bits per heavy atom. The summed E-state index contributed by atoms with van der Waals surface area (Å²) in [7, 11) is 0. The maximum absolute atomic E-state index is 9.60. The van der Waals surface area contributed by atoms with Crippen molar-refractivity contribution < 1.29 is 9.84 Å². The van der Waals surface area contributed by atoms with Crippen LogP contribution in [-0.4, -0.2) is 29.5 Å². The molecule has 0 heterocycles. The van der Waals surface area contributed by atoms with Crippen molar-refractivity contribution in [2.45, 2.75) is 50.9 Å². The molecule has 72 valence electrons. The lowest BCUT2D eigenvalue weighted by atomic mass is 9.90. The van der Waals surface area contributed by atoms with Crippen LogP contribution in [0.1, 0.15) is 33.1 Å². The second-order valence-corrected chi connectivity index (χ2v) is 4.01. The highest BCUT2D eigenvalue weighted by Crippen LogP contribution is 2.22. The summed E-state index contributed by atoms with van der Waals surface area (Å²) in [5, 5.41) is 9.60. The van der Waals surface area contributed by atoms with Crippen LogP contribution in [0.15, 0.2) is 0 Å². The van der Waals surface area contributed by atoms with Crippen molar-refractivity contribution in [3.05, 3.63) is 0 Å². The summed E-state index contributed by atoms with van der Waals surface area (Å²) in [6, 6.07) is 0.321. The molecule has 12 heavy (non-hydrogen) atoms. The van der Waals surface area contributed by atoms with E-state index in [2.05, 4.69) is 0 Å². The maximum atomic E-state index is 9.60. The molecule has 0 spiro atoms. The molecule has 0 saturated heterocycles. The van der Waals surface area contributed by atoms with Crippen molar-refractivity contribution in [2.24, 2.45) is 5.73 Å². The first-order valence-corrected chi connectivity index (χ1v) is 4.63. The van der Waals surface area contributed by atoms with E-state index in [1.165, 1.54) is 0 Å². The van der Waals surface area contributed by atoms with E-state index in [1.807, 2.05) is 6.92 Å². The molecule has 0 bridgehead atoms. The van der Waals surface area contributed by atoms with E-state index >= 15 is 0 Å². The van der Waals surface area contributed by atoms with Gasteiger partial charge in [0, 0.05) is 6.04 Å². The van der Waals surface area contributed by atoms with Gasteiger partial charge in [-0.25, -0.2) is 0 Å². The Hall–Kier alpha value is -0.120. The Morgan fingerprint density at radius 3 is 2.58 bits per heavy atom. The minimum Gasteiger partial charge on any atom is -0.388 e. The summed E-state index contributed by atoms with van der Waals surface area (Å²) >= 11 is 0. The fraction of sp³-hybridized carbons (Fsp3) is 1.00. The van der Waals surface area contributed by atoms with Gasteiger partial charge in [0.15, 0.2) is 0 Å². The van der Waals surface area contributed by atoms with Crippen molar-refractivity contribution in [2.75, 3.05) is 6.61 Å². The smallest absolute Gasteiger partial charge is 0.0849 e. The number of aliphatic hydroxyl groups is 1. The third-order valence-corrected chi connectivity index (χ3v) is 2.52. The molecule has 1 aliphatic carbocycles. The van der Waals surface area contributed by atoms with Gasteiger partial charge in [-0.3, -0.25) is 0 Å². The second kappa shape index (κ2) is 3.73. The van der Waals surface area contributed by atoms with Gasteiger partial charge in [0.2, 0.25) is 0 Å². The first kappa shape index (κ1) is 9.96. The molecular weight excluding hydrogens is 154 g/mol. The molecule has 3 N–H and O–H groups in total. The van der Waals surface area contributed by atoms with Crippen molar-refractivity contribution in [3.63, 3.8) is 0 Å². The first-order valence-electron chi connectivity index (χ1n) is 4.63. The maximum Gasteiger partial charge on any atom is 0.0849 e. The molecule has 0 aromatic rings. The third kappa shape index (κ3) is 2.73. The zero-order valence-corrected chi connectivity index (χ0v) is 7.92. The van der Waals surface area contributed by atoms with Crippen molar-refractivity contribution >= 4 is 0 Å². The molecule has 1 rings (SSSR count). The Kier molecular flexibility index (Phi) is 3.09. The average molecular weight is 173 g/mol. The van der Waals surface area contributed by atoms with Gasteiger partial charge < -0.3 is 15.6 Å². The van der Waals surface area contributed by atoms with E-state index in [4.69, 9.17) is 10.5 Å². The number of hydrogen-bond acceptors (Lipinski definition) is 3. The predicted molar refractivity (Wildman–Crippen MR) is 47.9 cm³/mol. The molecule has 0 amide bonds. The lowest BCUT2D eigenvalue weighted by Crippen LogP contribution is -2.44. The molecule has 1 aliphatic rings. The molecule has 1 atom stereocenters. The van der Waals surface area contributed by atoms with E-state index in [1.54, 1.807) is 6.92 Å². The van der Waals surface area contributed by atoms with E-state index in [0.717, 1.165) is 19.3 Å². The Morgan fingerprint density at radius 1 is 1.58 bits per heavy atom. The fourth-order valence-corrected chi connectivity index (χ4v) is 1.14. The van der Waals surface area contributed by atoms with Crippen LogP contribution >= 0.6 is 0 Å².